The molecular weight excluding hydrogens is 280 g/mol. The maximum absolute atomic E-state index is 12.0. The van der Waals surface area contributed by atoms with Crippen LogP contribution in [0.25, 0.3) is 0 Å². The van der Waals surface area contributed by atoms with Gasteiger partial charge in [0.1, 0.15) is 0 Å². The molecule has 1 aromatic rings. The Bertz CT molecular complexity index is 652. The molecule has 0 unspecified atom stereocenters. The third-order valence-corrected chi connectivity index (χ3v) is 4.21. The van der Waals surface area contributed by atoms with Gasteiger partial charge in [0.25, 0.3) is 0 Å². The highest BCUT2D eigenvalue weighted by Crippen LogP contribution is 2.37. The van der Waals surface area contributed by atoms with E-state index in [0.29, 0.717) is 36.2 Å². The minimum Gasteiger partial charge on any atom is -0.337 e. The minimum absolute atomic E-state index is 0.117. The van der Waals surface area contributed by atoms with Crippen molar-refractivity contribution in [1.29, 1.82) is 5.26 Å². The smallest absolute Gasteiger partial charge is 0.319 e. The summed E-state index contributed by atoms with van der Waals surface area (Å²) in [5.41, 5.74) is 1.05. The second kappa shape index (κ2) is 5.68. The van der Waals surface area contributed by atoms with Gasteiger partial charge in [-0.25, -0.2) is 4.79 Å². The zero-order valence-corrected chi connectivity index (χ0v) is 12.4. The molecule has 0 bridgehead atoms. The highest BCUT2D eigenvalue weighted by molar-refractivity contribution is 5.90. The van der Waals surface area contributed by atoms with E-state index in [0.717, 1.165) is 6.42 Å². The van der Waals surface area contributed by atoms with Gasteiger partial charge >= 0.3 is 6.03 Å². The SMILES string of the molecule is C[C@@H]1C[C@H]1N1C[C@H](NC(=O)Nc2cccc(C#N)c2)CC1=O. The zero-order valence-electron chi connectivity index (χ0n) is 12.4. The number of nitriles is 1. The van der Waals surface area contributed by atoms with Crippen LogP contribution in [0.4, 0.5) is 10.5 Å². The lowest BCUT2D eigenvalue weighted by atomic mass is 10.2. The molecular formula is C16H18N4O2. The van der Waals surface area contributed by atoms with Gasteiger partial charge in [0.15, 0.2) is 0 Å². The summed E-state index contributed by atoms with van der Waals surface area (Å²) in [6, 6.07) is 8.60. The third kappa shape index (κ3) is 3.03. The average Bonchev–Trinajstić information content (AvgIpc) is 3.09. The first-order valence-corrected chi connectivity index (χ1v) is 7.44. The number of anilines is 1. The van der Waals surface area contributed by atoms with Crippen LogP contribution in [0, 0.1) is 17.2 Å². The fraction of sp³-hybridized carbons (Fsp3) is 0.438. The standard InChI is InChI=1S/C16H18N4O2/c1-10-5-14(10)20-9-13(7-15(20)21)19-16(22)18-12-4-2-3-11(6-12)8-17/h2-4,6,10,13-14H,5,7,9H2,1H3,(H2,18,19,22)/t10-,13-,14-/m1/s1. The molecule has 0 radical (unpaired) electrons. The van der Waals surface area contributed by atoms with Gasteiger partial charge in [0.05, 0.1) is 17.7 Å². The maximum atomic E-state index is 12.0. The van der Waals surface area contributed by atoms with E-state index in [9.17, 15) is 9.59 Å². The number of benzene rings is 1. The predicted octanol–water partition coefficient (Wildman–Crippen LogP) is 1.69. The number of amides is 3. The normalized spacial score (nSPS) is 26.5. The average molecular weight is 298 g/mol. The molecule has 6 nitrogen and oxygen atoms in total. The Kier molecular flexibility index (Phi) is 3.72. The van der Waals surface area contributed by atoms with Crippen molar-refractivity contribution in [2.45, 2.75) is 31.8 Å². The number of carbonyl (C=O) groups is 2. The van der Waals surface area contributed by atoms with Crippen molar-refractivity contribution in [1.82, 2.24) is 10.2 Å². The first-order valence-electron chi connectivity index (χ1n) is 7.44. The van der Waals surface area contributed by atoms with E-state index in [-0.39, 0.29) is 18.0 Å². The van der Waals surface area contributed by atoms with Crippen molar-refractivity contribution in [2.24, 2.45) is 5.92 Å². The molecule has 3 atom stereocenters. The van der Waals surface area contributed by atoms with E-state index in [1.807, 2.05) is 11.0 Å². The molecule has 3 amide bonds. The van der Waals surface area contributed by atoms with E-state index >= 15 is 0 Å². The zero-order chi connectivity index (χ0) is 15.7. The summed E-state index contributed by atoms with van der Waals surface area (Å²) in [6.45, 7) is 2.72. The molecule has 1 aliphatic heterocycles. The van der Waals surface area contributed by atoms with Crippen molar-refractivity contribution in [3.05, 3.63) is 29.8 Å². The summed E-state index contributed by atoms with van der Waals surface area (Å²) in [4.78, 5) is 25.8. The van der Waals surface area contributed by atoms with Crippen molar-refractivity contribution in [2.75, 3.05) is 11.9 Å². The van der Waals surface area contributed by atoms with Gasteiger partial charge in [-0.1, -0.05) is 13.0 Å². The van der Waals surface area contributed by atoms with Crippen LogP contribution in [0.5, 0.6) is 0 Å². The number of hydrogen-bond donors (Lipinski definition) is 2. The van der Waals surface area contributed by atoms with E-state index in [2.05, 4.69) is 17.6 Å². The number of nitrogens with one attached hydrogen (secondary N) is 2. The van der Waals surface area contributed by atoms with E-state index in [4.69, 9.17) is 5.26 Å². The number of hydrogen-bond acceptors (Lipinski definition) is 3. The van der Waals surface area contributed by atoms with Crippen molar-refractivity contribution < 1.29 is 9.59 Å². The van der Waals surface area contributed by atoms with Crippen molar-refractivity contribution >= 4 is 17.6 Å². The molecule has 1 saturated heterocycles. The van der Waals surface area contributed by atoms with Crippen LogP contribution in [-0.4, -0.2) is 35.5 Å². The Hall–Kier alpha value is -2.55. The van der Waals surface area contributed by atoms with Gasteiger partial charge in [-0.3, -0.25) is 4.79 Å². The van der Waals surface area contributed by atoms with Crippen LogP contribution in [0.3, 0.4) is 0 Å². The van der Waals surface area contributed by atoms with Gasteiger partial charge < -0.3 is 15.5 Å². The van der Waals surface area contributed by atoms with Crippen LogP contribution in [-0.2, 0) is 4.79 Å². The Morgan fingerprint density at radius 2 is 2.23 bits per heavy atom. The maximum Gasteiger partial charge on any atom is 0.319 e. The molecule has 1 heterocycles. The molecule has 1 aromatic carbocycles. The molecule has 0 spiro atoms. The van der Waals surface area contributed by atoms with Crippen LogP contribution in [0.15, 0.2) is 24.3 Å². The van der Waals surface area contributed by atoms with Crippen LogP contribution in [0.1, 0.15) is 25.3 Å². The molecule has 2 N–H and O–H groups in total. The number of urea groups is 1. The van der Waals surface area contributed by atoms with Crippen molar-refractivity contribution in [3.63, 3.8) is 0 Å². The highest BCUT2D eigenvalue weighted by atomic mass is 16.2. The molecule has 1 aliphatic carbocycles. The molecule has 0 aromatic heterocycles. The predicted molar refractivity (Wildman–Crippen MR) is 81.0 cm³/mol. The van der Waals surface area contributed by atoms with Crippen molar-refractivity contribution in [3.8, 4) is 6.07 Å². The molecule has 114 valence electrons. The highest BCUT2D eigenvalue weighted by Gasteiger charge is 2.44. The topological polar surface area (TPSA) is 85.2 Å². The van der Waals surface area contributed by atoms with Gasteiger partial charge in [0.2, 0.25) is 5.91 Å². The molecule has 3 rings (SSSR count). The fourth-order valence-electron chi connectivity index (χ4n) is 2.90. The summed E-state index contributed by atoms with van der Waals surface area (Å²) >= 11 is 0. The summed E-state index contributed by atoms with van der Waals surface area (Å²) in [6.07, 6.45) is 1.42. The molecule has 22 heavy (non-hydrogen) atoms. The van der Waals surface area contributed by atoms with E-state index < -0.39 is 0 Å². The summed E-state index contributed by atoms with van der Waals surface area (Å²) in [7, 11) is 0. The van der Waals surface area contributed by atoms with Crippen LogP contribution >= 0.6 is 0 Å². The van der Waals surface area contributed by atoms with Gasteiger partial charge in [0, 0.05) is 24.7 Å². The lowest BCUT2D eigenvalue weighted by molar-refractivity contribution is -0.128. The number of carbonyl (C=O) groups excluding carboxylic acids is 2. The Morgan fingerprint density at radius 3 is 2.91 bits per heavy atom. The Balaban J connectivity index is 1.54. The largest absolute Gasteiger partial charge is 0.337 e. The fourth-order valence-corrected chi connectivity index (χ4v) is 2.90. The molecule has 2 fully saturated rings. The summed E-state index contributed by atoms with van der Waals surface area (Å²) in [5, 5.41) is 14.4. The monoisotopic (exact) mass is 298 g/mol. The van der Waals surface area contributed by atoms with E-state index in [1.54, 1.807) is 24.3 Å². The minimum atomic E-state index is -0.349. The number of rotatable bonds is 3. The first-order chi connectivity index (χ1) is 10.6. The third-order valence-electron chi connectivity index (χ3n) is 4.21. The molecule has 1 saturated carbocycles. The van der Waals surface area contributed by atoms with Gasteiger partial charge in [-0.15, -0.1) is 0 Å². The number of nitrogens with zero attached hydrogens (tertiary/aromatic N) is 2. The lowest BCUT2D eigenvalue weighted by Gasteiger charge is -2.17. The van der Waals surface area contributed by atoms with Crippen LogP contribution in [0.2, 0.25) is 0 Å². The first kappa shape index (κ1) is 14.4. The lowest BCUT2D eigenvalue weighted by Crippen LogP contribution is -2.40. The van der Waals surface area contributed by atoms with E-state index in [1.165, 1.54) is 0 Å². The quantitative estimate of drug-likeness (QED) is 0.890. The van der Waals surface area contributed by atoms with Gasteiger partial charge in [-0.2, -0.15) is 5.26 Å². The molecule has 6 heteroatoms. The Morgan fingerprint density at radius 1 is 1.45 bits per heavy atom. The van der Waals surface area contributed by atoms with Gasteiger partial charge in [-0.05, 0) is 30.5 Å². The van der Waals surface area contributed by atoms with Crippen LogP contribution < -0.4 is 10.6 Å². The Labute approximate surface area is 129 Å². The summed E-state index contributed by atoms with van der Waals surface area (Å²) in [5.74, 6) is 0.691. The second-order valence-electron chi connectivity index (χ2n) is 6.02. The summed E-state index contributed by atoms with van der Waals surface area (Å²) < 4.78 is 0. The molecule has 2 aliphatic rings. The number of likely N-dealkylation sites (tertiary alicyclic amines) is 1. The second-order valence-corrected chi connectivity index (χ2v) is 6.02.